The van der Waals surface area contributed by atoms with Crippen molar-refractivity contribution in [3.63, 3.8) is 0 Å². The monoisotopic (exact) mass is 463 g/mol. The molecule has 1 amide bonds. The molecule has 0 heterocycles. The number of carbonyl (C=O) groups is 1. The topological polar surface area (TPSA) is 87.3 Å². The van der Waals surface area contributed by atoms with Gasteiger partial charge in [-0.3, -0.25) is 20.4 Å². The van der Waals surface area contributed by atoms with Crippen LogP contribution in [0, 0.1) is 13.8 Å². The van der Waals surface area contributed by atoms with Crippen molar-refractivity contribution in [1.29, 1.82) is 0 Å². The Balaban J connectivity index is 1.78. The average Bonchev–Trinajstić information content (AvgIpc) is 2.71. The lowest BCUT2D eigenvalue weighted by Crippen LogP contribution is -2.30. The Morgan fingerprint density at radius 3 is 2.25 bits per heavy atom. The van der Waals surface area contributed by atoms with Gasteiger partial charge in [-0.15, -0.1) is 0 Å². The summed E-state index contributed by atoms with van der Waals surface area (Å²) in [6.45, 7) is 3.44. The molecule has 0 bridgehead atoms. The lowest BCUT2D eigenvalue weighted by Gasteiger charge is -2.14. The van der Waals surface area contributed by atoms with E-state index < -0.39 is 27.7 Å². The first-order valence-electron chi connectivity index (χ1n) is 9.39. The zero-order chi connectivity index (χ0) is 23.5. The molecule has 0 aliphatic heterocycles. The third-order valence-electron chi connectivity index (χ3n) is 4.54. The van der Waals surface area contributed by atoms with Gasteiger partial charge in [0.2, 0.25) is 0 Å². The molecule has 3 N–H and O–H groups in total. The van der Waals surface area contributed by atoms with Crippen molar-refractivity contribution in [3.05, 3.63) is 89.0 Å². The molecule has 0 atom stereocenters. The SMILES string of the molecule is Cc1cccc(NS(=O)(=O)c2ccc(C)c(C(=O)NNc3cccc(C(F)(F)F)c3)c2)c1. The largest absolute Gasteiger partial charge is 0.416 e. The van der Waals surface area contributed by atoms with Gasteiger partial charge in [-0.25, -0.2) is 8.42 Å². The fourth-order valence-electron chi connectivity index (χ4n) is 2.91. The Kier molecular flexibility index (Phi) is 6.45. The summed E-state index contributed by atoms with van der Waals surface area (Å²) in [5.74, 6) is -0.701. The number of amides is 1. The lowest BCUT2D eigenvalue weighted by molar-refractivity contribution is -0.137. The molecule has 3 rings (SSSR count). The predicted octanol–water partition coefficient (Wildman–Crippen LogP) is 4.88. The van der Waals surface area contributed by atoms with Crippen molar-refractivity contribution in [2.45, 2.75) is 24.9 Å². The molecule has 0 saturated heterocycles. The number of hydrogen-bond acceptors (Lipinski definition) is 4. The summed E-state index contributed by atoms with van der Waals surface area (Å²) in [7, 11) is -3.97. The fraction of sp³-hybridized carbons (Fsp3) is 0.136. The Morgan fingerprint density at radius 1 is 0.875 bits per heavy atom. The molecule has 0 spiro atoms. The summed E-state index contributed by atoms with van der Waals surface area (Å²) in [5.41, 5.74) is 5.66. The highest BCUT2D eigenvalue weighted by molar-refractivity contribution is 7.92. The second-order valence-electron chi connectivity index (χ2n) is 7.11. The molecule has 0 aliphatic carbocycles. The highest BCUT2D eigenvalue weighted by Gasteiger charge is 2.30. The number of alkyl halides is 3. The van der Waals surface area contributed by atoms with Crippen molar-refractivity contribution < 1.29 is 26.4 Å². The summed E-state index contributed by atoms with van der Waals surface area (Å²) < 4.78 is 66.5. The summed E-state index contributed by atoms with van der Waals surface area (Å²) in [6, 6.07) is 15.2. The highest BCUT2D eigenvalue weighted by Crippen LogP contribution is 2.30. The van der Waals surface area contributed by atoms with E-state index in [4.69, 9.17) is 0 Å². The van der Waals surface area contributed by atoms with Gasteiger partial charge in [0.1, 0.15) is 0 Å². The molecule has 0 fully saturated rings. The quantitative estimate of drug-likeness (QED) is 0.455. The van der Waals surface area contributed by atoms with Crippen LogP contribution in [-0.4, -0.2) is 14.3 Å². The van der Waals surface area contributed by atoms with Crippen LogP contribution < -0.4 is 15.6 Å². The van der Waals surface area contributed by atoms with E-state index >= 15 is 0 Å². The van der Waals surface area contributed by atoms with Crippen molar-refractivity contribution in [1.82, 2.24) is 5.43 Å². The third kappa shape index (κ3) is 5.58. The number of hydrogen-bond donors (Lipinski definition) is 3. The van der Waals surface area contributed by atoms with Gasteiger partial charge < -0.3 is 0 Å². The predicted molar refractivity (Wildman–Crippen MR) is 116 cm³/mol. The minimum Gasteiger partial charge on any atom is -0.298 e. The van der Waals surface area contributed by atoms with Gasteiger partial charge in [-0.05, 0) is 67.4 Å². The number of benzene rings is 3. The molecule has 168 valence electrons. The molecule has 3 aromatic rings. The average molecular weight is 463 g/mol. The molecule has 0 unspecified atom stereocenters. The summed E-state index contributed by atoms with van der Waals surface area (Å²) in [6.07, 6.45) is -4.52. The van der Waals surface area contributed by atoms with Crippen molar-refractivity contribution in [2.24, 2.45) is 0 Å². The van der Waals surface area contributed by atoms with E-state index in [0.717, 1.165) is 17.7 Å². The van der Waals surface area contributed by atoms with E-state index in [0.29, 0.717) is 11.3 Å². The molecule has 0 aromatic heterocycles. The van der Waals surface area contributed by atoms with Crippen molar-refractivity contribution in [2.75, 3.05) is 10.1 Å². The standard InChI is InChI=1S/C22H20F3N3O3S/c1-14-5-3-8-18(11-14)28-32(30,31)19-10-9-15(2)20(13-19)21(29)27-26-17-7-4-6-16(12-17)22(23,24)25/h3-13,26,28H,1-2H3,(H,27,29). The Hall–Kier alpha value is -3.53. The molecule has 3 aromatic carbocycles. The first-order chi connectivity index (χ1) is 15.0. The van der Waals surface area contributed by atoms with Crippen LogP contribution in [0.2, 0.25) is 0 Å². The Bertz CT molecular complexity index is 1260. The van der Waals surface area contributed by atoms with Gasteiger partial charge in [-0.2, -0.15) is 13.2 Å². The van der Waals surface area contributed by atoms with Crippen LogP contribution in [0.1, 0.15) is 27.0 Å². The van der Waals surface area contributed by atoms with E-state index in [9.17, 15) is 26.4 Å². The molecule has 0 radical (unpaired) electrons. The molecule has 10 heteroatoms. The maximum atomic E-state index is 12.8. The number of nitrogens with one attached hydrogen (secondary N) is 3. The second kappa shape index (κ2) is 8.91. The maximum Gasteiger partial charge on any atom is 0.416 e. The zero-order valence-electron chi connectivity index (χ0n) is 17.1. The fourth-order valence-corrected chi connectivity index (χ4v) is 3.98. The molecule has 6 nitrogen and oxygen atoms in total. The molecule has 0 saturated carbocycles. The highest BCUT2D eigenvalue weighted by atomic mass is 32.2. The van der Waals surface area contributed by atoms with Crippen LogP contribution in [0.3, 0.4) is 0 Å². The summed E-state index contributed by atoms with van der Waals surface area (Å²) >= 11 is 0. The smallest absolute Gasteiger partial charge is 0.298 e. The van der Waals surface area contributed by atoms with Crippen LogP contribution in [-0.2, 0) is 16.2 Å². The first-order valence-corrected chi connectivity index (χ1v) is 10.9. The van der Waals surface area contributed by atoms with Crippen LogP contribution in [0.25, 0.3) is 0 Å². The van der Waals surface area contributed by atoms with Gasteiger partial charge in [0.25, 0.3) is 15.9 Å². The molecule has 32 heavy (non-hydrogen) atoms. The maximum absolute atomic E-state index is 12.8. The van der Waals surface area contributed by atoms with E-state index in [1.54, 1.807) is 25.1 Å². The second-order valence-corrected chi connectivity index (χ2v) is 8.79. The van der Waals surface area contributed by atoms with Gasteiger partial charge in [0.05, 0.1) is 16.1 Å². The van der Waals surface area contributed by atoms with Crippen molar-refractivity contribution in [3.8, 4) is 0 Å². The van der Waals surface area contributed by atoms with E-state index in [-0.39, 0.29) is 16.1 Å². The van der Waals surface area contributed by atoms with Crippen LogP contribution >= 0.6 is 0 Å². The number of hydrazine groups is 1. The summed E-state index contributed by atoms with van der Waals surface area (Å²) in [5, 5.41) is 0. The minimum atomic E-state index is -4.52. The Morgan fingerprint density at radius 2 is 1.56 bits per heavy atom. The van der Waals surface area contributed by atoms with Gasteiger partial charge in [-0.1, -0.05) is 24.3 Å². The van der Waals surface area contributed by atoms with E-state index in [1.165, 1.54) is 30.3 Å². The normalized spacial score (nSPS) is 11.7. The third-order valence-corrected chi connectivity index (χ3v) is 5.92. The minimum absolute atomic E-state index is 0.0238. The molecular formula is C22H20F3N3O3S. The van der Waals surface area contributed by atoms with Crippen molar-refractivity contribution >= 4 is 27.3 Å². The molecule has 0 aliphatic rings. The number of carbonyl (C=O) groups excluding carboxylic acids is 1. The van der Waals surface area contributed by atoms with Crippen LogP contribution in [0.4, 0.5) is 24.5 Å². The van der Waals surface area contributed by atoms with Gasteiger partial charge in [0, 0.05) is 11.3 Å². The van der Waals surface area contributed by atoms with Crippen LogP contribution in [0.15, 0.2) is 71.6 Å². The number of halogens is 3. The first kappa shape index (κ1) is 23.1. The molecular weight excluding hydrogens is 443 g/mol. The van der Waals surface area contributed by atoms with E-state index in [1.807, 2.05) is 13.0 Å². The Labute approximate surface area is 183 Å². The number of anilines is 2. The number of aryl methyl sites for hydroxylation is 2. The lowest BCUT2D eigenvalue weighted by atomic mass is 10.1. The summed E-state index contributed by atoms with van der Waals surface area (Å²) in [4.78, 5) is 12.5. The van der Waals surface area contributed by atoms with Gasteiger partial charge >= 0.3 is 6.18 Å². The van der Waals surface area contributed by atoms with E-state index in [2.05, 4.69) is 15.6 Å². The zero-order valence-corrected chi connectivity index (χ0v) is 17.9. The van der Waals surface area contributed by atoms with Crippen LogP contribution in [0.5, 0.6) is 0 Å². The van der Waals surface area contributed by atoms with Gasteiger partial charge in [0.15, 0.2) is 0 Å². The number of sulfonamides is 1. The number of rotatable bonds is 6.